The molecule has 0 fully saturated rings. The number of anilines is 1. The van der Waals surface area contributed by atoms with Crippen molar-refractivity contribution in [3.8, 4) is 11.5 Å². The highest BCUT2D eigenvalue weighted by Crippen LogP contribution is 2.35. The van der Waals surface area contributed by atoms with Crippen molar-refractivity contribution in [2.45, 2.75) is 52.2 Å². The molecule has 0 bridgehead atoms. The maximum atomic E-state index is 14.9. The average molecular weight is 612 g/mol. The van der Waals surface area contributed by atoms with Crippen LogP contribution < -0.4 is 19.1 Å². The monoisotopic (exact) mass is 611 g/mol. The van der Waals surface area contributed by atoms with Crippen molar-refractivity contribution in [2.24, 2.45) is 0 Å². The summed E-state index contributed by atoms with van der Waals surface area (Å²) >= 11 is 0. The summed E-state index contributed by atoms with van der Waals surface area (Å²) in [5.41, 5.74) is 1.21. The van der Waals surface area contributed by atoms with Crippen molar-refractivity contribution in [3.05, 3.63) is 89.7 Å². The number of hydrogen-bond acceptors (Lipinski definition) is 6. The van der Waals surface area contributed by atoms with E-state index >= 15 is 0 Å². The van der Waals surface area contributed by atoms with Gasteiger partial charge in [-0.05, 0) is 44.0 Å². The van der Waals surface area contributed by atoms with E-state index in [4.69, 9.17) is 9.47 Å². The van der Waals surface area contributed by atoms with Crippen LogP contribution >= 0.6 is 0 Å². The molecule has 3 aromatic rings. The van der Waals surface area contributed by atoms with Crippen LogP contribution in [0.2, 0.25) is 0 Å². The number of nitrogens with zero attached hydrogens (tertiary/aromatic N) is 2. The Morgan fingerprint density at radius 3 is 2.30 bits per heavy atom. The predicted molar refractivity (Wildman–Crippen MR) is 163 cm³/mol. The van der Waals surface area contributed by atoms with Crippen LogP contribution in [0.25, 0.3) is 0 Å². The Kier molecular flexibility index (Phi) is 10.6. The molecule has 0 aliphatic carbocycles. The summed E-state index contributed by atoms with van der Waals surface area (Å²) in [4.78, 5) is 29.3. The molecule has 4 rings (SSSR count). The topological polar surface area (TPSA) is 105 Å². The third-order valence-electron chi connectivity index (χ3n) is 7.36. The van der Waals surface area contributed by atoms with Gasteiger partial charge in [-0.25, -0.2) is 12.8 Å². The summed E-state index contributed by atoms with van der Waals surface area (Å²) in [6, 6.07) is 18.7. The number of benzene rings is 3. The molecule has 0 spiro atoms. The summed E-state index contributed by atoms with van der Waals surface area (Å²) in [5, 5.41) is 2.96. The van der Waals surface area contributed by atoms with Crippen molar-refractivity contribution in [3.63, 3.8) is 0 Å². The van der Waals surface area contributed by atoms with Crippen LogP contribution in [0.3, 0.4) is 0 Å². The SMILES string of the molecule is CC[C@@H](C)NC(=O)[C@@H](Cc1ccccc1)N(Cc1ccccc1F)C(=O)CN(c1ccc2c(c1)OCCO2)S(=O)(=O)CC. The highest BCUT2D eigenvalue weighted by Gasteiger charge is 2.34. The molecule has 2 atom stereocenters. The first-order valence-corrected chi connectivity index (χ1v) is 16.0. The molecule has 0 radical (unpaired) electrons. The van der Waals surface area contributed by atoms with Crippen molar-refractivity contribution < 1.29 is 31.9 Å². The normalized spacial score (nSPS) is 14.0. The van der Waals surface area contributed by atoms with Crippen molar-refractivity contribution in [1.82, 2.24) is 10.2 Å². The quantitative estimate of drug-likeness (QED) is 0.309. The number of amides is 2. The second-order valence-electron chi connectivity index (χ2n) is 10.4. The van der Waals surface area contributed by atoms with Crippen LogP contribution in [0, 0.1) is 5.82 Å². The van der Waals surface area contributed by atoms with E-state index < -0.39 is 40.2 Å². The molecule has 3 aromatic carbocycles. The summed E-state index contributed by atoms with van der Waals surface area (Å²) in [6.45, 7) is 5.11. The number of hydrogen-bond donors (Lipinski definition) is 1. The van der Waals surface area contributed by atoms with Gasteiger partial charge in [-0.15, -0.1) is 0 Å². The number of carbonyl (C=O) groups excluding carboxylic acids is 2. The Balaban J connectivity index is 1.76. The van der Waals surface area contributed by atoms with E-state index in [-0.39, 0.29) is 36.0 Å². The third-order valence-corrected chi connectivity index (χ3v) is 9.10. The van der Waals surface area contributed by atoms with E-state index in [0.717, 1.165) is 9.87 Å². The van der Waals surface area contributed by atoms with Gasteiger partial charge in [0.2, 0.25) is 21.8 Å². The number of fused-ring (bicyclic) bond motifs is 1. The summed E-state index contributed by atoms with van der Waals surface area (Å²) in [7, 11) is -3.96. The van der Waals surface area contributed by atoms with Crippen LogP contribution in [0.5, 0.6) is 11.5 Å². The number of sulfonamides is 1. The predicted octanol–water partition coefficient (Wildman–Crippen LogP) is 4.31. The standard InChI is InChI=1S/C32H38FN3O6S/c1-4-23(3)34-32(38)28(19-24-11-7-6-8-12-24)35(21-25-13-9-10-14-27(25)33)31(37)22-36(43(39,40)5-2)26-15-16-29-30(20-26)42-18-17-41-29/h6-16,20,23,28H,4-5,17-19,21-22H2,1-3H3,(H,34,38)/t23-,28-/m1/s1. The lowest BCUT2D eigenvalue weighted by atomic mass is 10.0. The minimum absolute atomic E-state index is 0.147. The van der Waals surface area contributed by atoms with Gasteiger partial charge in [0.05, 0.1) is 11.4 Å². The molecule has 230 valence electrons. The summed E-state index contributed by atoms with van der Waals surface area (Å²) < 4.78 is 53.9. The minimum Gasteiger partial charge on any atom is -0.486 e. The number of rotatable bonds is 13. The molecule has 1 heterocycles. The molecule has 11 heteroatoms. The second-order valence-corrected chi connectivity index (χ2v) is 12.6. The molecule has 1 aliphatic rings. The first-order chi connectivity index (χ1) is 20.6. The zero-order valence-electron chi connectivity index (χ0n) is 24.7. The van der Waals surface area contributed by atoms with Crippen molar-refractivity contribution in [2.75, 3.05) is 29.8 Å². The average Bonchev–Trinajstić information content (AvgIpc) is 3.02. The molecular weight excluding hydrogens is 573 g/mol. The molecule has 1 N–H and O–H groups in total. The number of ether oxygens (including phenoxy) is 2. The van der Waals surface area contributed by atoms with Crippen LogP contribution in [0.4, 0.5) is 10.1 Å². The van der Waals surface area contributed by atoms with Crippen molar-refractivity contribution in [1.29, 1.82) is 0 Å². The number of carbonyl (C=O) groups is 2. The minimum atomic E-state index is -3.96. The Bertz CT molecular complexity index is 1520. The van der Waals surface area contributed by atoms with Crippen LogP contribution in [-0.4, -0.2) is 62.7 Å². The smallest absolute Gasteiger partial charge is 0.244 e. The van der Waals surface area contributed by atoms with Gasteiger partial charge < -0.3 is 19.7 Å². The van der Waals surface area contributed by atoms with Crippen molar-refractivity contribution >= 4 is 27.5 Å². The van der Waals surface area contributed by atoms with Gasteiger partial charge >= 0.3 is 0 Å². The lowest BCUT2D eigenvalue weighted by Gasteiger charge is -2.34. The van der Waals surface area contributed by atoms with Gasteiger partial charge in [-0.3, -0.25) is 13.9 Å². The largest absolute Gasteiger partial charge is 0.486 e. The highest BCUT2D eigenvalue weighted by atomic mass is 32.2. The van der Waals surface area contributed by atoms with Gasteiger partial charge in [-0.2, -0.15) is 0 Å². The van der Waals surface area contributed by atoms with E-state index in [1.165, 1.54) is 24.0 Å². The zero-order chi connectivity index (χ0) is 31.0. The van der Waals surface area contributed by atoms with Gasteiger partial charge in [0.1, 0.15) is 31.6 Å². The molecule has 2 amide bonds. The second kappa shape index (κ2) is 14.4. The first-order valence-electron chi connectivity index (χ1n) is 14.4. The molecule has 0 unspecified atom stereocenters. The molecule has 0 aromatic heterocycles. The van der Waals surface area contributed by atoms with Crippen LogP contribution in [0.15, 0.2) is 72.8 Å². The van der Waals surface area contributed by atoms with Gasteiger partial charge in [-0.1, -0.05) is 55.5 Å². The van der Waals surface area contributed by atoms with Gasteiger partial charge in [0.15, 0.2) is 11.5 Å². The molecule has 9 nitrogen and oxygen atoms in total. The fourth-order valence-electron chi connectivity index (χ4n) is 4.71. The zero-order valence-corrected chi connectivity index (χ0v) is 25.5. The molecule has 1 aliphatic heterocycles. The fraction of sp³-hybridized carbons (Fsp3) is 0.375. The summed E-state index contributed by atoms with van der Waals surface area (Å²) in [5.74, 6) is -1.04. The first kappa shape index (κ1) is 31.8. The molecule has 0 saturated heterocycles. The molecule has 0 saturated carbocycles. The van der Waals surface area contributed by atoms with Gasteiger partial charge in [0.25, 0.3) is 0 Å². The summed E-state index contributed by atoms with van der Waals surface area (Å²) in [6.07, 6.45) is 0.811. The van der Waals surface area contributed by atoms with E-state index in [2.05, 4.69) is 5.32 Å². The van der Waals surface area contributed by atoms with E-state index in [9.17, 15) is 22.4 Å². The Hall–Kier alpha value is -4.12. The lowest BCUT2D eigenvalue weighted by Crippen LogP contribution is -2.54. The fourth-order valence-corrected chi connectivity index (χ4v) is 5.77. The third kappa shape index (κ3) is 8.04. The molecule has 43 heavy (non-hydrogen) atoms. The van der Waals surface area contributed by atoms with E-state index in [1.54, 1.807) is 30.3 Å². The van der Waals surface area contributed by atoms with Crippen LogP contribution in [0.1, 0.15) is 38.3 Å². The van der Waals surface area contributed by atoms with Crippen LogP contribution in [-0.2, 0) is 32.6 Å². The Morgan fingerprint density at radius 2 is 1.63 bits per heavy atom. The maximum Gasteiger partial charge on any atom is 0.244 e. The molecular formula is C32H38FN3O6S. The van der Waals surface area contributed by atoms with E-state index in [0.29, 0.717) is 31.1 Å². The maximum absolute atomic E-state index is 14.9. The van der Waals surface area contributed by atoms with Gasteiger partial charge in [0, 0.05) is 30.6 Å². The number of halogens is 1. The Morgan fingerprint density at radius 1 is 0.953 bits per heavy atom. The number of nitrogens with one attached hydrogen (secondary N) is 1. The van der Waals surface area contributed by atoms with E-state index in [1.807, 2.05) is 44.2 Å². The Labute approximate surface area is 252 Å². The lowest BCUT2D eigenvalue weighted by molar-refractivity contribution is -0.140. The highest BCUT2D eigenvalue weighted by molar-refractivity contribution is 7.92.